The fourth-order valence-electron chi connectivity index (χ4n) is 2.26. The Hall–Kier alpha value is -2.57. The van der Waals surface area contributed by atoms with Crippen LogP contribution < -0.4 is 15.0 Å². The molecule has 7 heteroatoms. The second kappa shape index (κ2) is 7.13. The maximum atomic E-state index is 13.8. The quantitative estimate of drug-likeness (QED) is 0.884. The number of carbonyl (C=O) groups is 1. The monoisotopic (exact) mass is 320 g/mol. The van der Waals surface area contributed by atoms with Crippen molar-refractivity contribution in [2.24, 2.45) is 7.05 Å². The van der Waals surface area contributed by atoms with Crippen molar-refractivity contribution in [3.05, 3.63) is 41.5 Å². The van der Waals surface area contributed by atoms with Gasteiger partial charge in [-0.15, -0.1) is 0 Å². The van der Waals surface area contributed by atoms with E-state index < -0.39 is 5.82 Å². The van der Waals surface area contributed by atoms with Crippen LogP contribution in [-0.2, 0) is 13.6 Å². The third-order valence-electron chi connectivity index (χ3n) is 3.39. The van der Waals surface area contributed by atoms with Gasteiger partial charge in [0.05, 0.1) is 30.6 Å². The summed E-state index contributed by atoms with van der Waals surface area (Å²) in [6.07, 6.45) is 1.70. The summed E-state index contributed by atoms with van der Waals surface area (Å²) in [4.78, 5) is 18.5. The van der Waals surface area contributed by atoms with E-state index in [1.807, 2.05) is 30.6 Å². The number of imidazole rings is 1. The molecule has 23 heavy (non-hydrogen) atoms. The normalized spacial score (nSPS) is 10.5. The summed E-state index contributed by atoms with van der Waals surface area (Å²) in [5.74, 6) is -0.169. The van der Waals surface area contributed by atoms with Crippen LogP contribution in [0.15, 0.2) is 24.4 Å². The van der Waals surface area contributed by atoms with Crippen LogP contribution in [0.4, 0.5) is 10.3 Å². The number of nitrogens with zero attached hydrogens (tertiary/aromatic N) is 3. The fraction of sp³-hybridized carbons (Fsp3) is 0.375. The maximum absolute atomic E-state index is 13.8. The summed E-state index contributed by atoms with van der Waals surface area (Å²) >= 11 is 0. The van der Waals surface area contributed by atoms with Crippen molar-refractivity contribution in [2.45, 2.75) is 13.5 Å². The Bertz CT molecular complexity index is 697. The van der Waals surface area contributed by atoms with E-state index >= 15 is 0 Å². The topological polar surface area (TPSA) is 59.4 Å². The summed E-state index contributed by atoms with van der Waals surface area (Å²) in [6.45, 7) is 2.32. The van der Waals surface area contributed by atoms with Gasteiger partial charge in [-0.1, -0.05) is 6.07 Å². The number of anilines is 1. The van der Waals surface area contributed by atoms with Gasteiger partial charge in [-0.25, -0.2) is 9.37 Å². The van der Waals surface area contributed by atoms with Crippen LogP contribution in [0.5, 0.6) is 5.75 Å². The van der Waals surface area contributed by atoms with Gasteiger partial charge < -0.3 is 19.5 Å². The highest BCUT2D eigenvalue weighted by Gasteiger charge is 2.17. The van der Waals surface area contributed by atoms with Crippen LogP contribution in [0, 0.1) is 5.82 Å². The highest BCUT2D eigenvalue weighted by molar-refractivity contribution is 5.96. The van der Waals surface area contributed by atoms with Crippen LogP contribution in [0.2, 0.25) is 0 Å². The molecule has 2 rings (SSSR count). The van der Waals surface area contributed by atoms with E-state index in [4.69, 9.17) is 4.74 Å². The van der Waals surface area contributed by atoms with Crippen molar-refractivity contribution in [1.82, 2.24) is 14.9 Å². The zero-order valence-corrected chi connectivity index (χ0v) is 13.8. The van der Waals surface area contributed by atoms with Crippen molar-refractivity contribution < 1.29 is 13.9 Å². The molecule has 1 heterocycles. The minimum Gasteiger partial charge on any atom is -0.490 e. The average molecular weight is 320 g/mol. The summed E-state index contributed by atoms with van der Waals surface area (Å²) in [5, 5.41) is 2.77. The fourth-order valence-corrected chi connectivity index (χ4v) is 2.26. The molecule has 1 aromatic heterocycles. The van der Waals surface area contributed by atoms with E-state index in [-0.39, 0.29) is 30.4 Å². The Balaban J connectivity index is 2.13. The van der Waals surface area contributed by atoms with Crippen LogP contribution in [0.3, 0.4) is 0 Å². The molecule has 1 N–H and O–H groups in total. The zero-order valence-electron chi connectivity index (χ0n) is 13.8. The summed E-state index contributed by atoms with van der Waals surface area (Å²) in [5.41, 5.74) is 1.03. The molecule has 1 amide bonds. The molecule has 124 valence electrons. The molecule has 0 saturated heterocycles. The molecule has 0 bridgehead atoms. The van der Waals surface area contributed by atoms with Crippen molar-refractivity contribution in [3.63, 3.8) is 0 Å². The van der Waals surface area contributed by atoms with Gasteiger partial charge in [0.2, 0.25) is 5.95 Å². The lowest BCUT2D eigenvalue weighted by Gasteiger charge is -2.14. The Kier molecular flexibility index (Phi) is 5.20. The summed E-state index contributed by atoms with van der Waals surface area (Å²) in [6, 6.07) is 4.30. The number of para-hydroxylation sites is 1. The number of hydrogen-bond acceptors (Lipinski definition) is 4. The van der Waals surface area contributed by atoms with E-state index in [0.717, 1.165) is 11.6 Å². The summed E-state index contributed by atoms with van der Waals surface area (Å²) < 4.78 is 20.9. The van der Waals surface area contributed by atoms with Gasteiger partial charge >= 0.3 is 0 Å². The molecule has 6 nitrogen and oxygen atoms in total. The molecule has 0 radical (unpaired) electrons. The van der Waals surface area contributed by atoms with Crippen LogP contribution in [0.1, 0.15) is 23.0 Å². The second-order valence-corrected chi connectivity index (χ2v) is 5.24. The third kappa shape index (κ3) is 3.61. The first-order valence-electron chi connectivity index (χ1n) is 7.33. The zero-order chi connectivity index (χ0) is 17.0. The lowest BCUT2D eigenvalue weighted by Crippen LogP contribution is -2.25. The second-order valence-electron chi connectivity index (χ2n) is 5.24. The molecule has 0 aliphatic carbocycles. The van der Waals surface area contributed by atoms with Gasteiger partial charge in [-0.3, -0.25) is 4.79 Å². The molecule has 2 aromatic rings. The predicted octanol–water partition coefficient (Wildman–Crippen LogP) is 1.95. The number of amides is 1. The Morgan fingerprint density at radius 3 is 2.78 bits per heavy atom. The molecule has 0 fully saturated rings. The summed E-state index contributed by atoms with van der Waals surface area (Å²) in [7, 11) is 5.66. The van der Waals surface area contributed by atoms with E-state index in [1.165, 1.54) is 18.2 Å². The van der Waals surface area contributed by atoms with E-state index in [1.54, 1.807) is 13.1 Å². The highest BCUT2D eigenvalue weighted by Crippen LogP contribution is 2.22. The molecule has 0 unspecified atom stereocenters. The first-order valence-corrected chi connectivity index (χ1v) is 7.33. The van der Waals surface area contributed by atoms with Gasteiger partial charge in [0.15, 0.2) is 11.6 Å². The van der Waals surface area contributed by atoms with E-state index in [0.29, 0.717) is 0 Å². The van der Waals surface area contributed by atoms with Gasteiger partial charge in [0, 0.05) is 21.1 Å². The molecule has 0 spiro atoms. The predicted molar refractivity (Wildman–Crippen MR) is 86.3 cm³/mol. The number of carbonyl (C=O) groups excluding carboxylic acids is 1. The molecular formula is C16H21FN4O2. The molecule has 0 saturated carbocycles. The number of nitrogens with one attached hydrogen (secondary N) is 1. The number of benzene rings is 1. The van der Waals surface area contributed by atoms with E-state index in [2.05, 4.69) is 10.3 Å². The largest absolute Gasteiger partial charge is 0.490 e. The number of halogens is 1. The SMILES string of the molecule is CCOc1c(F)cccc1C(=O)NCc1cnc(N(C)C)n1C. The van der Waals surface area contributed by atoms with Gasteiger partial charge in [0.1, 0.15) is 0 Å². The molecule has 0 atom stereocenters. The van der Waals surface area contributed by atoms with Gasteiger partial charge in [-0.2, -0.15) is 0 Å². The Labute approximate surface area is 134 Å². The van der Waals surface area contributed by atoms with Crippen molar-refractivity contribution in [1.29, 1.82) is 0 Å². The van der Waals surface area contributed by atoms with E-state index in [9.17, 15) is 9.18 Å². The molecule has 0 aliphatic rings. The number of ether oxygens (including phenoxy) is 1. The smallest absolute Gasteiger partial charge is 0.255 e. The van der Waals surface area contributed by atoms with Crippen LogP contribution in [-0.4, -0.2) is 36.2 Å². The highest BCUT2D eigenvalue weighted by atomic mass is 19.1. The standard InChI is InChI=1S/C16H21FN4O2/c1-5-23-14-12(7-6-8-13(14)17)15(22)18-9-11-10-19-16(20(2)3)21(11)4/h6-8,10H,5,9H2,1-4H3,(H,18,22). The Morgan fingerprint density at radius 1 is 1.43 bits per heavy atom. The first-order chi connectivity index (χ1) is 11.0. The third-order valence-corrected chi connectivity index (χ3v) is 3.39. The van der Waals surface area contributed by atoms with Gasteiger partial charge in [0.25, 0.3) is 5.91 Å². The lowest BCUT2D eigenvalue weighted by molar-refractivity contribution is 0.0945. The van der Waals surface area contributed by atoms with Gasteiger partial charge in [-0.05, 0) is 19.1 Å². The minimum absolute atomic E-state index is 0.0218. The Morgan fingerprint density at radius 2 is 2.17 bits per heavy atom. The molecule has 0 aliphatic heterocycles. The number of rotatable bonds is 6. The maximum Gasteiger partial charge on any atom is 0.255 e. The van der Waals surface area contributed by atoms with Crippen molar-refractivity contribution >= 4 is 11.9 Å². The molecule has 1 aromatic carbocycles. The number of aromatic nitrogens is 2. The van der Waals surface area contributed by atoms with Crippen molar-refractivity contribution in [3.8, 4) is 5.75 Å². The van der Waals surface area contributed by atoms with Crippen LogP contribution in [0.25, 0.3) is 0 Å². The lowest BCUT2D eigenvalue weighted by atomic mass is 10.1. The molecular weight excluding hydrogens is 299 g/mol. The number of hydrogen-bond donors (Lipinski definition) is 1. The minimum atomic E-state index is -0.546. The van der Waals surface area contributed by atoms with Crippen molar-refractivity contribution in [2.75, 3.05) is 25.6 Å². The average Bonchev–Trinajstić information content (AvgIpc) is 2.88. The first kappa shape index (κ1) is 16.8. The van der Waals surface area contributed by atoms with Crippen LogP contribution >= 0.6 is 0 Å².